The Balaban J connectivity index is 1.38. The third-order valence-electron chi connectivity index (χ3n) is 7.16. The second kappa shape index (κ2) is 6.86. The van der Waals surface area contributed by atoms with Crippen molar-refractivity contribution in [1.29, 1.82) is 0 Å². The first kappa shape index (κ1) is 17.8. The minimum absolute atomic E-state index is 0.000530. The van der Waals surface area contributed by atoms with Crippen molar-refractivity contribution in [3.8, 4) is 0 Å². The first-order valence-electron chi connectivity index (χ1n) is 10.2. The van der Waals surface area contributed by atoms with Crippen molar-refractivity contribution in [2.75, 3.05) is 19.6 Å². The van der Waals surface area contributed by atoms with E-state index >= 15 is 0 Å². The molecule has 2 heterocycles. The number of carboxylic acids is 1. The quantitative estimate of drug-likeness (QED) is 0.829. The summed E-state index contributed by atoms with van der Waals surface area (Å²) in [5.41, 5.74) is 0. The molecule has 2 saturated heterocycles. The fourth-order valence-electron chi connectivity index (χ4n) is 5.33. The second-order valence-corrected chi connectivity index (χ2v) is 9.05. The van der Waals surface area contributed by atoms with Crippen LogP contribution in [-0.4, -0.2) is 58.4 Å². The molecule has 0 spiro atoms. The zero-order chi connectivity index (χ0) is 18.4. The summed E-state index contributed by atoms with van der Waals surface area (Å²) < 4.78 is 0. The molecule has 4 aliphatic rings. The molecule has 3 atom stereocenters. The summed E-state index contributed by atoms with van der Waals surface area (Å²) in [6.45, 7) is 3.67. The summed E-state index contributed by atoms with van der Waals surface area (Å²) in [7, 11) is 0. The molecule has 26 heavy (non-hydrogen) atoms. The molecule has 0 aromatic rings. The Morgan fingerprint density at radius 1 is 1.00 bits per heavy atom. The summed E-state index contributed by atoms with van der Waals surface area (Å²) in [4.78, 5) is 40.7. The molecule has 2 amide bonds. The van der Waals surface area contributed by atoms with E-state index in [2.05, 4.69) is 6.92 Å². The van der Waals surface area contributed by atoms with Crippen LogP contribution in [-0.2, 0) is 14.4 Å². The normalized spacial score (nSPS) is 38.0. The number of carbonyl (C=O) groups is 3. The molecular formula is C20H30N2O4. The Morgan fingerprint density at radius 2 is 1.69 bits per heavy atom. The lowest BCUT2D eigenvalue weighted by Crippen LogP contribution is -2.41. The predicted octanol–water partition coefficient (Wildman–Crippen LogP) is 1.98. The van der Waals surface area contributed by atoms with Crippen LogP contribution in [0.3, 0.4) is 0 Å². The van der Waals surface area contributed by atoms with Crippen LogP contribution in [0.25, 0.3) is 0 Å². The molecule has 6 heteroatoms. The smallest absolute Gasteiger partial charge is 0.308 e. The standard InChI is InChI=1S/C20H30N2O4/c1-12-2-6-15(7-3-12)22-9-14(8-18(22)23)19(24)21-10-16(13-4-5-13)17(11-21)20(25)26/h12-17H,2-11H2,1H3,(H,25,26)/t12?,14?,15?,16-,17+/m1/s1. The van der Waals surface area contributed by atoms with E-state index in [9.17, 15) is 19.5 Å². The van der Waals surface area contributed by atoms with Gasteiger partial charge >= 0.3 is 5.97 Å². The van der Waals surface area contributed by atoms with E-state index in [1.165, 1.54) is 0 Å². The number of carboxylic acid groups (broad SMARTS) is 1. The monoisotopic (exact) mass is 362 g/mol. The molecule has 0 aromatic carbocycles. The van der Waals surface area contributed by atoms with Crippen molar-refractivity contribution in [1.82, 2.24) is 9.80 Å². The van der Waals surface area contributed by atoms with Gasteiger partial charge < -0.3 is 14.9 Å². The van der Waals surface area contributed by atoms with Crippen LogP contribution in [0.1, 0.15) is 51.9 Å². The summed E-state index contributed by atoms with van der Waals surface area (Å²) in [5, 5.41) is 9.50. The van der Waals surface area contributed by atoms with Crippen LogP contribution >= 0.6 is 0 Å². The van der Waals surface area contributed by atoms with Gasteiger partial charge in [0.15, 0.2) is 0 Å². The summed E-state index contributed by atoms with van der Waals surface area (Å²) in [6.07, 6.45) is 6.88. The van der Waals surface area contributed by atoms with E-state index < -0.39 is 11.9 Å². The lowest BCUT2D eigenvalue weighted by Gasteiger charge is -2.33. The lowest BCUT2D eigenvalue weighted by atomic mass is 9.86. The van der Waals surface area contributed by atoms with Gasteiger partial charge in [-0.25, -0.2) is 0 Å². The highest BCUT2D eigenvalue weighted by atomic mass is 16.4. The van der Waals surface area contributed by atoms with Gasteiger partial charge in [0.25, 0.3) is 0 Å². The van der Waals surface area contributed by atoms with E-state index in [-0.39, 0.29) is 23.7 Å². The third kappa shape index (κ3) is 3.35. The summed E-state index contributed by atoms with van der Waals surface area (Å²) >= 11 is 0. The minimum atomic E-state index is -0.780. The summed E-state index contributed by atoms with van der Waals surface area (Å²) in [6, 6.07) is 0.293. The number of nitrogens with zero attached hydrogens (tertiary/aromatic N) is 2. The number of aliphatic carboxylic acids is 1. The highest BCUT2D eigenvalue weighted by molar-refractivity contribution is 5.90. The topological polar surface area (TPSA) is 77.9 Å². The van der Waals surface area contributed by atoms with E-state index in [0.29, 0.717) is 38.0 Å². The van der Waals surface area contributed by atoms with Gasteiger partial charge in [0.2, 0.25) is 11.8 Å². The number of hydrogen-bond acceptors (Lipinski definition) is 3. The molecule has 144 valence electrons. The number of amides is 2. The van der Waals surface area contributed by atoms with Crippen LogP contribution in [0.5, 0.6) is 0 Å². The van der Waals surface area contributed by atoms with Crippen LogP contribution in [0, 0.1) is 29.6 Å². The van der Waals surface area contributed by atoms with Gasteiger partial charge in [-0.3, -0.25) is 14.4 Å². The fraction of sp³-hybridized carbons (Fsp3) is 0.850. The van der Waals surface area contributed by atoms with Crippen LogP contribution in [0.4, 0.5) is 0 Å². The maximum atomic E-state index is 13.0. The molecular weight excluding hydrogens is 332 g/mol. The fourth-order valence-corrected chi connectivity index (χ4v) is 5.33. The maximum absolute atomic E-state index is 13.0. The van der Waals surface area contributed by atoms with E-state index in [0.717, 1.165) is 44.4 Å². The molecule has 2 aliphatic heterocycles. The van der Waals surface area contributed by atoms with E-state index in [1.54, 1.807) is 4.90 Å². The first-order valence-corrected chi connectivity index (χ1v) is 10.2. The second-order valence-electron chi connectivity index (χ2n) is 9.05. The third-order valence-corrected chi connectivity index (χ3v) is 7.16. The Kier molecular flexibility index (Phi) is 4.70. The van der Waals surface area contributed by atoms with Crippen LogP contribution < -0.4 is 0 Å². The van der Waals surface area contributed by atoms with E-state index in [1.807, 2.05) is 4.90 Å². The average Bonchev–Trinajstić information content (AvgIpc) is 3.24. The largest absolute Gasteiger partial charge is 0.481 e. The van der Waals surface area contributed by atoms with Crippen molar-refractivity contribution in [3.63, 3.8) is 0 Å². The van der Waals surface area contributed by atoms with Gasteiger partial charge in [-0.15, -0.1) is 0 Å². The van der Waals surface area contributed by atoms with Crippen LogP contribution in [0.15, 0.2) is 0 Å². The maximum Gasteiger partial charge on any atom is 0.308 e. The SMILES string of the molecule is CC1CCC(N2CC(C(=O)N3C[C@H](C(=O)O)[C@@H](C4CC4)C3)CC2=O)CC1. The minimum Gasteiger partial charge on any atom is -0.481 e. The van der Waals surface area contributed by atoms with Crippen molar-refractivity contribution in [2.24, 2.45) is 29.6 Å². The molecule has 1 N–H and O–H groups in total. The van der Waals surface area contributed by atoms with Crippen LogP contribution in [0.2, 0.25) is 0 Å². The Bertz CT molecular complexity index is 595. The molecule has 1 unspecified atom stereocenters. The Hall–Kier alpha value is -1.59. The number of hydrogen-bond donors (Lipinski definition) is 1. The van der Waals surface area contributed by atoms with Crippen molar-refractivity contribution in [2.45, 2.75) is 57.9 Å². The number of rotatable bonds is 4. The highest BCUT2D eigenvalue weighted by Gasteiger charge is 2.49. The molecule has 2 saturated carbocycles. The Labute approximate surface area is 154 Å². The molecule has 0 radical (unpaired) electrons. The number of likely N-dealkylation sites (tertiary alicyclic amines) is 2. The van der Waals surface area contributed by atoms with Gasteiger partial charge in [-0.1, -0.05) is 6.92 Å². The molecule has 4 fully saturated rings. The zero-order valence-electron chi connectivity index (χ0n) is 15.6. The van der Waals surface area contributed by atoms with Crippen molar-refractivity contribution >= 4 is 17.8 Å². The molecule has 6 nitrogen and oxygen atoms in total. The molecule has 4 rings (SSSR count). The van der Waals surface area contributed by atoms with Gasteiger partial charge in [-0.2, -0.15) is 0 Å². The molecule has 2 aliphatic carbocycles. The average molecular weight is 362 g/mol. The Morgan fingerprint density at radius 3 is 2.31 bits per heavy atom. The molecule has 0 bridgehead atoms. The lowest BCUT2D eigenvalue weighted by molar-refractivity contribution is -0.143. The van der Waals surface area contributed by atoms with Crippen molar-refractivity contribution in [3.05, 3.63) is 0 Å². The molecule has 0 aromatic heterocycles. The van der Waals surface area contributed by atoms with Gasteiger partial charge in [-0.05, 0) is 56.3 Å². The first-order chi connectivity index (χ1) is 12.4. The van der Waals surface area contributed by atoms with Gasteiger partial charge in [0.1, 0.15) is 0 Å². The predicted molar refractivity (Wildman–Crippen MR) is 95.2 cm³/mol. The highest BCUT2D eigenvalue weighted by Crippen LogP contribution is 2.44. The van der Waals surface area contributed by atoms with E-state index in [4.69, 9.17) is 0 Å². The van der Waals surface area contributed by atoms with Crippen molar-refractivity contribution < 1.29 is 19.5 Å². The van der Waals surface area contributed by atoms with Gasteiger partial charge in [0.05, 0.1) is 11.8 Å². The van der Waals surface area contributed by atoms with Gasteiger partial charge in [0, 0.05) is 32.1 Å². The zero-order valence-corrected chi connectivity index (χ0v) is 15.6. The summed E-state index contributed by atoms with van der Waals surface area (Å²) in [5.74, 6) is -0.0796. The number of carbonyl (C=O) groups excluding carboxylic acids is 2.